The second-order valence-corrected chi connectivity index (χ2v) is 5.89. The highest BCUT2D eigenvalue weighted by Gasteiger charge is 2.16. The predicted molar refractivity (Wildman–Crippen MR) is 69.2 cm³/mol. The zero-order valence-corrected chi connectivity index (χ0v) is 11.2. The molecule has 0 saturated carbocycles. The summed E-state index contributed by atoms with van der Waals surface area (Å²) in [5, 5.41) is 0.245. The summed E-state index contributed by atoms with van der Waals surface area (Å²) in [7, 11) is -3.42. The zero-order valence-electron chi connectivity index (χ0n) is 9.66. The van der Waals surface area contributed by atoms with Gasteiger partial charge in [0.15, 0.2) is 5.78 Å². The summed E-state index contributed by atoms with van der Waals surface area (Å²) in [4.78, 5) is 11.4. The first kappa shape index (κ1) is 14.0. The van der Waals surface area contributed by atoms with E-state index in [1.807, 2.05) is 0 Å². The molecule has 0 atom stereocenters. The molecular weight excluding hydrogens is 262 g/mol. The third-order valence-electron chi connectivity index (χ3n) is 2.10. The molecule has 94 valence electrons. The Kier molecular flexibility index (Phi) is 4.54. The number of halogens is 1. The van der Waals surface area contributed by atoms with Gasteiger partial charge in [0.1, 0.15) is 0 Å². The smallest absolute Gasteiger partial charge is 0.232 e. The second-order valence-electron chi connectivity index (χ2n) is 3.64. The van der Waals surface area contributed by atoms with Gasteiger partial charge < -0.3 is 0 Å². The van der Waals surface area contributed by atoms with Crippen LogP contribution in [0.5, 0.6) is 0 Å². The molecule has 0 amide bonds. The summed E-state index contributed by atoms with van der Waals surface area (Å²) < 4.78 is 25.6. The van der Waals surface area contributed by atoms with E-state index in [1.165, 1.54) is 13.0 Å². The number of ketones is 1. The molecule has 1 aromatic rings. The van der Waals surface area contributed by atoms with Crippen LogP contribution in [0.4, 0.5) is 5.69 Å². The van der Waals surface area contributed by atoms with Crippen molar-refractivity contribution in [2.24, 2.45) is 0 Å². The van der Waals surface area contributed by atoms with Crippen molar-refractivity contribution in [2.45, 2.75) is 20.3 Å². The van der Waals surface area contributed by atoms with E-state index in [4.69, 9.17) is 11.6 Å². The number of sulfonamides is 1. The number of carbonyl (C=O) groups is 1. The average molecular weight is 276 g/mol. The normalized spacial score (nSPS) is 11.2. The van der Waals surface area contributed by atoms with Gasteiger partial charge in [0.2, 0.25) is 10.0 Å². The minimum absolute atomic E-state index is 0.0108. The number of benzene rings is 1. The lowest BCUT2D eigenvalue weighted by molar-refractivity contribution is 0.101. The Labute approximate surface area is 106 Å². The highest BCUT2D eigenvalue weighted by Crippen LogP contribution is 2.25. The molecule has 1 aromatic carbocycles. The van der Waals surface area contributed by atoms with Crippen molar-refractivity contribution in [3.8, 4) is 0 Å². The Morgan fingerprint density at radius 2 is 2.06 bits per heavy atom. The molecule has 0 aromatic heterocycles. The molecule has 0 fully saturated rings. The van der Waals surface area contributed by atoms with Gasteiger partial charge in [0.05, 0.1) is 22.0 Å². The molecule has 0 aliphatic heterocycles. The molecule has 0 unspecified atom stereocenters. The highest BCUT2D eigenvalue weighted by atomic mass is 35.5. The maximum atomic E-state index is 11.6. The van der Waals surface area contributed by atoms with Gasteiger partial charge in [-0.3, -0.25) is 9.52 Å². The Bertz CT molecular complexity index is 526. The van der Waals surface area contributed by atoms with Crippen molar-refractivity contribution >= 4 is 33.1 Å². The van der Waals surface area contributed by atoms with Crippen LogP contribution in [0.15, 0.2) is 18.2 Å². The molecule has 0 aliphatic rings. The summed E-state index contributed by atoms with van der Waals surface area (Å²) in [5.74, 6) is -0.263. The number of Topliss-reactive ketones (excluding diaryl/α,β-unsaturated/α-hetero) is 1. The summed E-state index contributed by atoms with van der Waals surface area (Å²) in [6.07, 6.45) is 0.505. The van der Waals surface area contributed by atoms with Crippen LogP contribution >= 0.6 is 11.6 Å². The number of hydrogen-bond donors (Lipinski definition) is 1. The quantitative estimate of drug-likeness (QED) is 0.841. The third kappa shape index (κ3) is 3.71. The van der Waals surface area contributed by atoms with Gasteiger partial charge >= 0.3 is 0 Å². The van der Waals surface area contributed by atoms with Crippen molar-refractivity contribution in [1.82, 2.24) is 0 Å². The van der Waals surface area contributed by atoms with E-state index in [2.05, 4.69) is 4.72 Å². The number of nitrogens with one attached hydrogen (secondary N) is 1. The Morgan fingerprint density at radius 3 is 2.59 bits per heavy atom. The van der Waals surface area contributed by atoms with Crippen molar-refractivity contribution in [2.75, 3.05) is 10.5 Å². The fourth-order valence-corrected chi connectivity index (χ4v) is 2.91. The fraction of sp³-hybridized carbons (Fsp3) is 0.364. The lowest BCUT2D eigenvalue weighted by atomic mass is 10.1. The van der Waals surface area contributed by atoms with Gasteiger partial charge in [0, 0.05) is 0 Å². The van der Waals surface area contributed by atoms with Crippen LogP contribution in [0, 0.1) is 0 Å². The van der Waals surface area contributed by atoms with Gasteiger partial charge in [-0.25, -0.2) is 8.42 Å². The van der Waals surface area contributed by atoms with Gasteiger partial charge in [-0.2, -0.15) is 0 Å². The van der Waals surface area contributed by atoms with E-state index >= 15 is 0 Å². The molecule has 0 bridgehead atoms. The lowest BCUT2D eigenvalue weighted by Gasteiger charge is -2.11. The maximum Gasteiger partial charge on any atom is 0.232 e. The molecular formula is C11H14ClNO3S. The SMILES string of the molecule is CCCS(=O)(=O)Nc1cccc(Cl)c1C(C)=O. The predicted octanol–water partition coefficient (Wildman–Crippen LogP) is 2.69. The molecule has 0 heterocycles. The lowest BCUT2D eigenvalue weighted by Crippen LogP contribution is -2.18. The maximum absolute atomic E-state index is 11.6. The Hall–Kier alpha value is -1.07. The van der Waals surface area contributed by atoms with Crippen molar-refractivity contribution in [3.63, 3.8) is 0 Å². The van der Waals surface area contributed by atoms with E-state index in [9.17, 15) is 13.2 Å². The highest BCUT2D eigenvalue weighted by molar-refractivity contribution is 7.92. The van der Waals surface area contributed by atoms with E-state index in [0.717, 1.165) is 0 Å². The number of anilines is 1. The topological polar surface area (TPSA) is 63.2 Å². The Morgan fingerprint density at radius 1 is 1.41 bits per heavy atom. The van der Waals surface area contributed by atoms with Crippen LogP contribution in [-0.4, -0.2) is 20.0 Å². The number of carbonyl (C=O) groups excluding carboxylic acids is 1. The van der Waals surface area contributed by atoms with Crippen LogP contribution in [-0.2, 0) is 10.0 Å². The van der Waals surface area contributed by atoms with Gasteiger partial charge in [-0.1, -0.05) is 24.6 Å². The average Bonchev–Trinajstić information content (AvgIpc) is 2.15. The van der Waals surface area contributed by atoms with Crippen LogP contribution in [0.25, 0.3) is 0 Å². The Balaban J connectivity index is 3.16. The fourth-order valence-electron chi connectivity index (χ4n) is 1.45. The summed E-state index contributed by atoms with van der Waals surface area (Å²) in [5.41, 5.74) is 0.437. The molecule has 0 spiro atoms. The molecule has 0 aliphatic carbocycles. The first-order valence-electron chi connectivity index (χ1n) is 5.17. The largest absolute Gasteiger partial charge is 0.294 e. The van der Waals surface area contributed by atoms with E-state index < -0.39 is 10.0 Å². The van der Waals surface area contributed by atoms with E-state index in [0.29, 0.717) is 6.42 Å². The number of hydrogen-bond acceptors (Lipinski definition) is 3. The standard InChI is InChI=1S/C11H14ClNO3S/c1-3-7-17(15,16)13-10-6-4-5-9(12)11(10)8(2)14/h4-6,13H,3,7H2,1-2H3. The van der Waals surface area contributed by atoms with E-state index in [1.54, 1.807) is 19.1 Å². The molecule has 0 saturated heterocycles. The molecule has 0 radical (unpaired) electrons. The molecule has 17 heavy (non-hydrogen) atoms. The second kappa shape index (κ2) is 5.51. The van der Waals surface area contributed by atoms with Crippen LogP contribution in [0.1, 0.15) is 30.6 Å². The summed E-state index contributed by atoms with van der Waals surface area (Å²) in [6, 6.07) is 4.67. The zero-order chi connectivity index (χ0) is 13.1. The summed E-state index contributed by atoms with van der Waals surface area (Å²) in [6.45, 7) is 3.11. The van der Waals surface area contributed by atoms with Crippen molar-refractivity contribution in [3.05, 3.63) is 28.8 Å². The van der Waals surface area contributed by atoms with E-state index in [-0.39, 0.29) is 27.8 Å². The minimum Gasteiger partial charge on any atom is -0.294 e. The first-order chi connectivity index (χ1) is 7.87. The molecule has 1 rings (SSSR count). The molecule has 4 nitrogen and oxygen atoms in total. The monoisotopic (exact) mass is 275 g/mol. The summed E-state index contributed by atoms with van der Waals surface area (Å²) >= 11 is 5.87. The first-order valence-corrected chi connectivity index (χ1v) is 7.20. The van der Waals surface area contributed by atoms with Crippen molar-refractivity contribution in [1.29, 1.82) is 0 Å². The third-order valence-corrected chi connectivity index (χ3v) is 3.90. The van der Waals surface area contributed by atoms with Crippen molar-refractivity contribution < 1.29 is 13.2 Å². The van der Waals surface area contributed by atoms with Crippen LogP contribution < -0.4 is 4.72 Å². The number of rotatable bonds is 5. The van der Waals surface area contributed by atoms with Gasteiger partial charge in [0.25, 0.3) is 0 Å². The minimum atomic E-state index is -3.42. The van der Waals surface area contributed by atoms with Crippen LogP contribution in [0.2, 0.25) is 5.02 Å². The molecule has 6 heteroatoms. The molecule has 1 N–H and O–H groups in total. The van der Waals surface area contributed by atoms with Crippen LogP contribution in [0.3, 0.4) is 0 Å². The van der Waals surface area contributed by atoms with Gasteiger partial charge in [-0.15, -0.1) is 0 Å². The van der Waals surface area contributed by atoms with Gasteiger partial charge in [-0.05, 0) is 25.5 Å².